The maximum absolute atomic E-state index is 12.7. The van der Waals surface area contributed by atoms with Crippen LogP contribution in [0.4, 0.5) is 0 Å². The summed E-state index contributed by atoms with van der Waals surface area (Å²) in [6.45, 7) is 2.95. The SMILES string of the molecule is CCP(=O)(CCN(C)C)C1=CCCC=C1. The van der Waals surface area contributed by atoms with Gasteiger partial charge in [0.1, 0.15) is 7.14 Å². The van der Waals surface area contributed by atoms with Crippen LogP contribution in [0.5, 0.6) is 0 Å². The molecule has 1 aliphatic rings. The van der Waals surface area contributed by atoms with E-state index < -0.39 is 7.14 Å². The Bertz CT molecular complexity index is 305. The molecule has 1 unspecified atom stereocenters. The van der Waals surface area contributed by atoms with Gasteiger partial charge in [-0.2, -0.15) is 0 Å². The molecule has 0 heterocycles. The minimum absolute atomic E-state index is 0.789. The lowest BCUT2D eigenvalue weighted by molar-refractivity contribution is 0.432. The molecular weight excluding hydrogens is 205 g/mol. The van der Waals surface area contributed by atoms with Gasteiger partial charge >= 0.3 is 0 Å². The van der Waals surface area contributed by atoms with Crippen molar-refractivity contribution in [2.24, 2.45) is 0 Å². The molecule has 1 atom stereocenters. The van der Waals surface area contributed by atoms with E-state index in [0.717, 1.165) is 37.0 Å². The third kappa shape index (κ3) is 3.62. The van der Waals surface area contributed by atoms with Gasteiger partial charge in [-0.25, -0.2) is 0 Å². The normalized spacial score (nSPS) is 20.1. The van der Waals surface area contributed by atoms with Gasteiger partial charge in [0.2, 0.25) is 0 Å². The third-order valence-corrected chi connectivity index (χ3v) is 6.08. The molecule has 0 aromatic rings. The minimum Gasteiger partial charge on any atom is -0.319 e. The Morgan fingerprint density at radius 2 is 2.13 bits per heavy atom. The molecule has 0 N–H and O–H groups in total. The largest absolute Gasteiger partial charge is 0.319 e. The van der Waals surface area contributed by atoms with Crippen LogP contribution in [0.3, 0.4) is 0 Å². The van der Waals surface area contributed by atoms with Crippen LogP contribution in [-0.2, 0) is 4.57 Å². The molecular formula is C12H22NOP. The Balaban J connectivity index is 2.71. The van der Waals surface area contributed by atoms with Crippen molar-refractivity contribution < 1.29 is 4.57 Å². The first-order valence-corrected chi connectivity index (χ1v) is 7.76. The summed E-state index contributed by atoms with van der Waals surface area (Å²) in [6, 6.07) is 0. The van der Waals surface area contributed by atoms with Gasteiger partial charge in [-0.05, 0) is 26.9 Å². The summed E-state index contributed by atoms with van der Waals surface area (Å²) >= 11 is 0. The predicted octanol–water partition coefficient (Wildman–Crippen LogP) is 3.16. The summed E-state index contributed by atoms with van der Waals surface area (Å²) in [5.74, 6) is 0. The van der Waals surface area contributed by atoms with Gasteiger partial charge in [-0.1, -0.05) is 25.2 Å². The Labute approximate surface area is 93.4 Å². The van der Waals surface area contributed by atoms with Gasteiger partial charge in [-0.3, -0.25) is 0 Å². The average Bonchev–Trinajstić information content (AvgIpc) is 2.27. The number of nitrogens with zero attached hydrogens (tertiary/aromatic N) is 1. The summed E-state index contributed by atoms with van der Waals surface area (Å²) in [6.07, 6.45) is 10.1. The van der Waals surface area contributed by atoms with Gasteiger partial charge in [0.05, 0.1) is 0 Å². The molecule has 0 aliphatic heterocycles. The fourth-order valence-electron chi connectivity index (χ4n) is 1.73. The zero-order chi connectivity index (χ0) is 11.3. The molecule has 1 rings (SSSR count). The first kappa shape index (κ1) is 12.7. The second-order valence-electron chi connectivity index (χ2n) is 4.34. The molecule has 3 heteroatoms. The van der Waals surface area contributed by atoms with Crippen LogP contribution < -0.4 is 0 Å². The molecule has 1 aliphatic carbocycles. The number of rotatable bonds is 5. The van der Waals surface area contributed by atoms with Crippen LogP contribution in [0.2, 0.25) is 0 Å². The van der Waals surface area contributed by atoms with Crippen LogP contribution in [0.1, 0.15) is 19.8 Å². The van der Waals surface area contributed by atoms with Crippen LogP contribution in [-0.4, -0.2) is 37.9 Å². The highest BCUT2D eigenvalue weighted by molar-refractivity contribution is 7.68. The van der Waals surface area contributed by atoms with E-state index >= 15 is 0 Å². The molecule has 0 saturated heterocycles. The summed E-state index contributed by atoms with van der Waals surface area (Å²) in [4.78, 5) is 2.11. The zero-order valence-corrected chi connectivity index (χ0v) is 11.0. The molecule has 0 bridgehead atoms. The quantitative estimate of drug-likeness (QED) is 0.672. The molecule has 0 amide bonds. The van der Waals surface area contributed by atoms with Crippen molar-refractivity contribution in [1.82, 2.24) is 4.90 Å². The van der Waals surface area contributed by atoms with Gasteiger partial charge < -0.3 is 9.46 Å². The second kappa shape index (κ2) is 5.67. The molecule has 2 nitrogen and oxygen atoms in total. The van der Waals surface area contributed by atoms with E-state index in [9.17, 15) is 4.57 Å². The van der Waals surface area contributed by atoms with Gasteiger partial charge in [0.25, 0.3) is 0 Å². The van der Waals surface area contributed by atoms with Crippen LogP contribution >= 0.6 is 7.14 Å². The smallest absolute Gasteiger partial charge is 0.116 e. The molecule has 0 radical (unpaired) electrons. The Hall–Kier alpha value is -0.330. The van der Waals surface area contributed by atoms with Crippen molar-refractivity contribution in [1.29, 1.82) is 0 Å². The fraction of sp³-hybridized carbons (Fsp3) is 0.667. The lowest BCUT2D eigenvalue weighted by atomic mass is 10.2. The highest BCUT2D eigenvalue weighted by atomic mass is 31.2. The highest BCUT2D eigenvalue weighted by Gasteiger charge is 2.23. The summed E-state index contributed by atoms with van der Waals surface area (Å²) < 4.78 is 12.7. The Kier molecular flexibility index (Phi) is 4.82. The van der Waals surface area contributed by atoms with E-state index in [0.29, 0.717) is 0 Å². The second-order valence-corrected chi connectivity index (χ2v) is 7.72. The number of hydrogen-bond acceptors (Lipinski definition) is 2. The first-order valence-electron chi connectivity index (χ1n) is 5.68. The molecule has 0 aromatic heterocycles. The van der Waals surface area contributed by atoms with Crippen molar-refractivity contribution in [2.75, 3.05) is 33.0 Å². The molecule has 15 heavy (non-hydrogen) atoms. The Morgan fingerprint density at radius 3 is 2.60 bits per heavy atom. The van der Waals surface area contributed by atoms with Crippen LogP contribution in [0.15, 0.2) is 23.5 Å². The minimum atomic E-state index is -2.10. The van der Waals surface area contributed by atoms with Gasteiger partial charge in [-0.15, -0.1) is 0 Å². The average molecular weight is 227 g/mol. The first-order chi connectivity index (χ1) is 7.08. The molecule has 0 fully saturated rings. The van der Waals surface area contributed by atoms with E-state index in [1.165, 1.54) is 0 Å². The van der Waals surface area contributed by atoms with Gasteiger partial charge in [0.15, 0.2) is 0 Å². The molecule has 0 saturated carbocycles. The van der Waals surface area contributed by atoms with E-state index in [-0.39, 0.29) is 0 Å². The number of allylic oxidation sites excluding steroid dienone is 4. The van der Waals surface area contributed by atoms with E-state index in [1.54, 1.807) is 0 Å². The van der Waals surface area contributed by atoms with E-state index in [2.05, 4.69) is 23.1 Å². The van der Waals surface area contributed by atoms with Crippen molar-refractivity contribution in [2.45, 2.75) is 19.8 Å². The summed E-state index contributed by atoms with van der Waals surface area (Å²) in [5.41, 5.74) is 0. The van der Waals surface area contributed by atoms with Crippen molar-refractivity contribution >= 4 is 7.14 Å². The monoisotopic (exact) mass is 227 g/mol. The maximum atomic E-state index is 12.7. The van der Waals surface area contributed by atoms with Crippen molar-refractivity contribution in [3.05, 3.63) is 23.5 Å². The third-order valence-electron chi connectivity index (χ3n) is 2.87. The predicted molar refractivity (Wildman–Crippen MR) is 68.0 cm³/mol. The molecule has 86 valence electrons. The lowest BCUT2D eigenvalue weighted by Crippen LogP contribution is -2.17. The van der Waals surface area contributed by atoms with Crippen LogP contribution in [0, 0.1) is 0 Å². The standard InChI is InChI=1S/C12H22NOP/c1-4-15(14,11-10-13(2)3)12-8-6-5-7-9-12/h6,8-9H,4-5,7,10-11H2,1-3H3. The van der Waals surface area contributed by atoms with Gasteiger partial charge in [0, 0.05) is 24.2 Å². The van der Waals surface area contributed by atoms with Crippen LogP contribution in [0.25, 0.3) is 0 Å². The van der Waals surface area contributed by atoms with E-state index in [4.69, 9.17) is 0 Å². The topological polar surface area (TPSA) is 20.3 Å². The lowest BCUT2D eigenvalue weighted by Gasteiger charge is -2.21. The highest BCUT2D eigenvalue weighted by Crippen LogP contribution is 2.54. The molecule has 0 spiro atoms. The maximum Gasteiger partial charge on any atom is 0.116 e. The molecule has 0 aromatic carbocycles. The van der Waals surface area contributed by atoms with Crippen molar-refractivity contribution in [3.63, 3.8) is 0 Å². The summed E-state index contributed by atoms with van der Waals surface area (Å²) in [7, 11) is 1.97. The van der Waals surface area contributed by atoms with Crippen molar-refractivity contribution in [3.8, 4) is 0 Å². The number of hydrogen-bond donors (Lipinski definition) is 0. The Morgan fingerprint density at radius 1 is 1.40 bits per heavy atom. The zero-order valence-electron chi connectivity index (χ0n) is 10.1. The van der Waals surface area contributed by atoms with E-state index in [1.807, 2.05) is 21.0 Å². The summed E-state index contributed by atoms with van der Waals surface area (Å²) in [5, 5.41) is 1.11. The fourth-order valence-corrected chi connectivity index (χ4v) is 4.23.